The van der Waals surface area contributed by atoms with Gasteiger partial charge in [-0.15, -0.1) is 0 Å². The van der Waals surface area contributed by atoms with Gasteiger partial charge in [0.1, 0.15) is 24.2 Å². The summed E-state index contributed by atoms with van der Waals surface area (Å²) < 4.78 is 11.3. The van der Waals surface area contributed by atoms with Crippen LogP contribution in [0.4, 0.5) is 0 Å². The molecular formula is C23H33NO4. The van der Waals surface area contributed by atoms with Crippen LogP contribution < -0.4 is 9.47 Å². The first-order valence-electron chi connectivity index (χ1n) is 9.70. The van der Waals surface area contributed by atoms with E-state index in [1.165, 1.54) is 0 Å². The van der Waals surface area contributed by atoms with Crippen LogP contribution in [0, 0.1) is 0 Å². The van der Waals surface area contributed by atoms with Crippen LogP contribution >= 0.6 is 0 Å². The summed E-state index contributed by atoms with van der Waals surface area (Å²) in [6, 6.07) is 15.8. The first kappa shape index (κ1) is 22.2. The Bertz CT molecular complexity index is 712. The van der Waals surface area contributed by atoms with E-state index in [0.717, 1.165) is 22.6 Å². The van der Waals surface area contributed by atoms with Gasteiger partial charge in [0, 0.05) is 25.2 Å². The van der Waals surface area contributed by atoms with Crippen molar-refractivity contribution in [3.05, 3.63) is 59.7 Å². The average molecular weight is 388 g/mol. The average Bonchev–Trinajstić information content (AvgIpc) is 2.66. The van der Waals surface area contributed by atoms with Crippen molar-refractivity contribution in [3.8, 4) is 11.5 Å². The smallest absolute Gasteiger partial charge is 0.123 e. The number of aliphatic hydroxyl groups excluding tert-OH is 2. The summed E-state index contributed by atoms with van der Waals surface area (Å²) in [6.07, 6.45) is -0.662. The van der Waals surface area contributed by atoms with Gasteiger partial charge in [0.05, 0.1) is 13.7 Å². The predicted octanol–water partition coefficient (Wildman–Crippen LogP) is 3.23. The predicted molar refractivity (Wildman–Crippen MR) is 112 cm³/mol. The Morgan fingerprint density at radius 3 is 2.39 bits per heavy atom. The Morgan fingerprint density at radius 2 is 1.79 bits per heavy atom. The van der Waals surface area contributed by atoms with E-state index in [4.69, 9.17) is 9.47 Å². The SMILES string of the molecule is COc1ccc(OC[C@H](O)CN(CCO)Cc2ccccc2)c(C(C)(C)C)c1. The molecule has 0 radical (unpaired) electrons. The van der Waals surface area contributed by atoms with Gasteiger partial charge in [-0.05, 0) is 29.2 Å². The summed E-state index contributed by atoms with van der Waals surface area (Å²) in [6.45, 7) is 8.20. The molecule has 2 aromatic rings. The van der Waals surface area contributed by atoms with Crippen LogP contribution in [0.5, 0.6) is 11.5 Å². The normalized spacial score (nSPS) is 12.8. The molecule has 5 heteroatoms. The summed E-state index contributed by atoms with van der Waals surface area (Å²) in [5.74, 6) is 1.54. The lowest BCUT2D eigenvalue weighted by Gasteiger charge is -2.26. The Balaban J connectivity index is 1.99. The molecule has 0 aliphatic rings. The number of aliphatic hydroxyl groups is 2. The zero-order chi connectivity index (χ0) is 20.6. The molecule has 2 N–H and O–H groups in total. The van der Waals surface area contributed by atoms with Crippen LogP contribution in [-0.2, 0) is 12.0 Å². The van der Waals surface area contributed by atoms with Crippen LogP contribution in [0.2, 0.25) is 0 Å². The van der Waals surface area contributed by atoms with Crippen molar-refractivity contribution in [2.45, 2.75) is 38.8 Å². The van der Waals surface area contributed by atoms with Crippen molar-refractivity contribution in [1.82, 2.24) is 4.90 Å². The largest absolute Gasteiger partial charge is 0.497 e. The molecule has 154 valence electrons. The third-order valence-electron chi connectivity index (χ3n) is 4.56. The lowest BCUT2D eigenvalue weighted by atomic mass is 9.86. The van der Waals surface area contributed by atoms with Crippen molar-refractivity contribution in [1.29, 1.82) is 0 Å². The van der Waals surface area contributed by atoms with Crippen molar-refractivity contribution < 1.29 is 19.7 Å². The number of hydrogen-bond donors (Lipinski definition) is 2. The Morgan fingerprint density at radius 1 is 1.07 bits per heavy atom. The Hall–Kier alpha value is -2.08. The Labute approximate surface area is 168 Å². The summed E-state index contributed by atoms with van der Waals surface area (Å²) in [5.41, 5.74) is 2.08. The molecule has 1 atom stereocenters. The molecule has 28 heavy (non-hydrogen) atoms. The molecule has 5 nitrogen and oxygen atoms in total. The van der Waals surface area contributed by atoms with Crippen LogP contribution in [0.1, 0.15) is 31.9 Å². The topological polar surface area (TPSA) is 62.2 Å². The van der Waals surface area contributed by atoms with E-state index in [1.54, 1.807) is 7.11 Å². The molecule has 0 unspecified atom stereocenters. The molecule has 0 aliphatic carbocycles. The molecule has 0 aromatic heterocycles. The lowest BCUT2D eigenvalue weighted by Crippen LogP contribution is -2.37. The first-order valence-corrected chi connectivity index (χ1v) is 9.70. The number of hydrogen-bond acceptors (Lipinski definition) is 5. The quantitative estimate of drug-likeness (QED) is 0.655. The maximum Gasteiger partial charge on any atom is 0.123 e. The van der Waals surface area contributed by atoms with Crippen molar-refractivity contribution in [3.63, 3.8) is 0 Å². The van der Waals surface area contributed by atoms with E-state index in [0.29, 0.717) is 19.6 Å². The van der Waals surface area contributed by atoms with Gasteiger partial charge >= 0.3 is 0 Å². The van der Waals surface area contributed by atoms with Crippen LogP contribution in [0.15, 0.2) is 48.5 Å². The Kier molecular flexibility index (Phi) is 8.30. The number of rotatable bonds is 10. The maximum atomic E-state index is 10.5. The fraction of sp³-hybridized carbons (Fsp3) is 0.478. The van der Waals surface area contributed by atoms with Crippen molar-refractivity contribution in [2.75, 3.05) is 33.4 Å². The zero-order valence-corrected chi connectivity index (χ0v) is 17.4. The van der Waals surface area contributed by atoms with Crippen LogP contribution in [-0.4, -0.2) is 54.6 Å². The molecule has 2 rings (SSSR count). The van der Waals surface area contributed by atoms with Gasteiger partial charge in [0.25, 0.3) is 0 Å². The maximum absolute atomic E-state index is 10.5. The fourth-order valence-electron chi connectivity index (χ4n) is 3.10. The second kappa shape index (κ2) is 10.5. The second-order valence-corrected chi connectivity index (χ2v) is 8.02. The molecule has 0 bridgehead atoms. The van der Waals surface area contributed by atoms with Gasteiger partial charge in [-0.25, -0.2) is 0 Å². The molecule has 0 aliphatic heterocycles. The molecule has 0 saturated carbocycles. The first-order chi connectivity index (χ1) is 13.3. The van der Waals surface area contributed by atoms with E-state index >= 15 is 0 Å². The van der Waals surface area contributed by atoms with Crippen LogP contribution in [0.25, 0.3) is 0 Å². The van der Waals surface area contributed by atoms with Gasteiger partial charge in [0.2, 0.25) is 0 Å². The summed E-state index contributed by atoms with van der Waals surface area (Å²) in [4.78, 5) is 2.03. The third-order valence-corrected chi connectivity index (χ3v) is 4.56. The second-order valence-electron chi connectivity index (χ2n) is 8.02. The minimum atomic E-state index is -0.662. The van der Waals surface area contributed by atoms with E-state index in [1.807, 2.05) is 53.4 Å². The highest BCUT2D eigenvalue weighted by Gasteiger charge is 2.21. The van der Waals surface area contributed by atoms with E-state index in [9.17, 15) is 10.2 Å². The van der Waals surface area contributed by atoms with E-state index in [-0.39, 0.29) is 18.6 Å². The lowest BCUT2D eigenvalue weighted by molar-refractivity contribution is 0.0584. The number of methoxy groups -OCH3 is 1. The highest BCUT2D eigenvalue weighted by molar-refractivity contribution is 5.44. The molecular weight excluding hydrogens is 354 g/mol. The third kappa shape index (κ3) is 6.82. The summed E-state index contributed by atoms with van der Waals surface area (Å²) >= 11 is 0. The molecule has 0 fully saturated rings. The van der Waals surface area contributed by atoms with Gasteiger partial charge in [-0.3, -0.25) is 4.90 Å². The summed E-state index contributed by atoms with van der Waals surface area (Å²) in [7, 11) is 1.65. The van der Waals surface area contributed by atoms with E-state index < -0.39 is 6.10 Å². The van der Waals surface area contributed by atoms with Gasteiger partial charge in [-0.2, -0.15) is 0 Å². The molecule has 2 aromatic carbocycles. The number of nitrogens with zero attached hydrogens (tertiary/aromatic N) is 1. The molecule has 0 amide bonds. The molecule has 0 heterocycles. The highest BCUT2D eigenvalue weighted by Crippen LogP contribution is 2.34. The highest BCUT2D eigenvalue weighted by atomic mass is 16.5. The summed E-state index contributed by atoms with van der Waals surface area (Å²) in [5, 5.41) is 19.9. The number of ether oxygens (including phenoxy) is 2. The van der Waals surface area contributed by atoms with Gasteiger partial charge < -0.3 is 19.7 Å². The minimum Gasteiger partial charge on any atom is -0.497 e. The molecule has 0 saturated heterocycles. The van der Waals surface area contributed by atoms with Crippen LogP contribution in [0.3, 0.4) is 0 Å². The minimum absolute atomic E-state index is 0.0487. The van der Waals surface area contributed by atoms with Gasteiger partial charge in [-0.1, -0.05) is 51.1 Å². The standard InChI is InChI=1S/C23H33NO4/c1-23(2,3)21-14-20(27-4)10-11-22(21)28-17-19(26)16-24(12-13-25)15-18-8-6-5-7-9-18/h5-11,14,19,25-26H,12-13,15-17H2,1-4H3/t19-/m1/s1. The van der Waals surface area contributed by atoms with Crippen molar-refractivity contribution >= 4 is 0 Å². The van der Waals surface area contributed by atoms with Crippen molar-refractivity contribution in [2.24, 2.45) is 0 Å². The fourth-order valence-corrected chi connectivity index (χ4v) is 3.10. The monoisotopic (exact) mass is 387 g/mol. The van der Waals surface area contributed by atoms with Gasteiger partial charge in [0.15, 0.2) is 0 Å². The molecule has 0 spiro atoms. The number of benzene rings is 2. The van der Waals surface area contributed by atoms with E-state index in [2.05, 4.69) is 20.8 Å². The zero-order valence-electron chi connectivity index (χ0n) is 17.4.